The predicted molar refractivity (Wildman–Crippen MR) is 86.8 cm³/mol. The molecular weight excluding hydrogens is 391 g/mol. The largest absolute Gasteiger partial charge is 0.425 e. The van der Waals surface area contributed by atoms with Crippen molar-refractivity contribution in [1.29, 1.82) is 0 Å². The van der Waals surface area contributed by atoms with E-state index in [1.807, 2.05) is 0 Å². The molecule has 0 spiro atoms. The first kappa shape index (κ1) is 20.2. The first-order valence-electron chi connectivity index (χ1n) is 7.12. The number of hydrogen-bond acceptors (Lipinski definition) is 6. The van der Waals surface area contributed by atoms with Crippen LogP contribution in [0.15, 0.2) is 47.4 Å². The summed E-state index contributed by atoms with van der Waals surface area (Å²) in [4.78, 5) is 32.1. The molecule has 2 rings (SSSR count). The summed E-state index contributed by atoms with van der Waals surface area (Å²) >= 11 is 0. The minimum atomic E-state index is -4.82. The molecule has 0 aliphatic rings. The Bertz CT molecular complexity index is 929. The summed E-state index contributed by atoms with van der Waals surface area (Å²) in [5, 5.41) is 11.0. The van der Waals surface area contributed by atoms with E-state index in [4.69, 9.17) is 4.74 Å². The number of hydrogen-bond donors (Lipinski definition) is 0. The Morgan fingerprint density at radius 2 is 1.89 bits per heavy atom. The lowest BCUT2D eigenvalue weighted by atomic mass is 10.2. The fraction of sp³-hybridized carbons (Fsp3) is 0.125. The van der Waals surface area contributed by atoms with Crippen LogP contribution in [0.2, 0.25) is 0 Å². The van der Waals surface area contributed by atoms with E-state index < -0.39 is 49.8 Å². The zero-order chi connectivity index (χ0) is 20.2. The van der Waals surface area contributed by atoms with E-state index in [9.17, 15) is 37.1 Å². The van der Waals surface area contributed by atoms with Gasteiger partial charge in [-0.05, 0) is 24.3 Å². The Kier molecular flexibility index (Phi) is 6.05. The van der Waals surface area contributed by atoms with Crippen molar-refractivity contribution in [3.63, 3.8) is 0 Å². The molecule has 0 saturated heterocycles. The molecule has 2 aromatic carbocycles. The van der Waals surface area contributed by atoms with Gasteiger partial charge < -0.3 is 4.74 Å². The van der Waals surface area contributed by atoms with Crippen molar-refractivity contribution in [3.8, 4) is 5.75 Å². The molecule has 0 fully saturated rings. The molecule has 1 atom stereocenters. The van der Waals surface area contributed by atoms with Gasteiger partial charge in [-0.15, -0.1) is 0 Å². The lowest BCUT2D eigenvalue weighted by molar-refractivity contribution is -0.388. The molecule has 0 N–H and O–H groups in total. The van der Waals surface area contributed by atoms with Crippen molar-refractivity contribution in [2.75, 3.05) is 5.75 Å². The quantitative estimate of drug-likeness (QED) is 0.242. The number of carbonyl (C=O) groups is 2. The number of rotatable bonds is 6. The van der Waals surface area contributed by atoms with Crippen molar-refractivity contribution in [2.24, 2.45) is 0 Å². The predicted octanol–water partition coefficient (Wildman–Crippen LogP) is 3.14. The SMILES string of the molecule is O=Cc1ccccc1OC(=O)C[S@@](=O)c1ccc(C(F)(F)F)cc1[N+](=O)[O-]. The minimum Gasteiger partial charge on any atom is -0.425 e. The van der Waals surface area contributed by atoms with Gasteiger partial charge in [0.15, 0.2) is 6.29 Å². The third-order valence-corrected chi connectivity index (χ3v) is 4.58. The van der Waals surface area contributed by atoms with Crippen LogP contribution in [0.5, 0.6) is 5.75 Å². The van der Waals surface area contributed by atoms with E-state index >= 15 is 0 Å². The molecule has 142 valence electrons. The maximum absolute atomic E-state index is 12.7. The van der Waals surface area contributed by atoms with Crippen LogP contribution >= 0.6 is 0 Å². The number of para-hydroxylation sites is 1. The standard InChI is InChI=1S/C16H10F3NO6S/c17-16(18,19)11-5-6-14(12(7-11)20(23)24)27(25)9-15(22)26-13-4-2-1-3-10(13)8-21/h1-8H,9H2/t27-/m1/s1. The Morgan fingerprint density at radius 3 is 2.48 bits per heavy atom. The van der Waals surface area contributed by atoms with Gasteiger partial charge in [-0.25, -0.2) is 0 Å². The number of carbonyl (C=O) groups excluding carboxylic acids is 2. The highest BCUT2D eigenvalue weighted by molar-refractivity contribution is 7.85. The van der Waals surface area contributed by atoms with Crippen LogP contribution in [0.1, 0.15) is 15.9 Å². The number of esters is 1. The molecule has 0 unspecified atom stereocenters. The van der Waals surface area contributed by atoms with Gasteiger partial charge >= 0.3 is 12.1 Å². The summed E-state index contributed by atoms with van der Waals surface area (Å²) in [6.07, 6.45) is -4.39. The van der Waals surface area contributed by atoms with Gasteiger partial charge in [0.25, 0.3) is 5.69 Å². The maximum atomic E-state index is 12.7. The van der Waals surface area contributed by atoms with Gasteiger partial charge in [0.1, 0.15) is 16.4 Å². The molecule has 11 heteroatoms. The van der Waals surface area contributed by atoms with Crippen molar-refractivity contribution >= 4 is 28.7 Å². The summed E-state index contributed by atoms with van der Waals surface area (Å²) in [5.74, 6) is -2.02. The smallest absolute Gasteiger partial charge is 0.416 e. The van der Waals surface area contributed by atoms with E-state index in [1.165, 1.54) is 24.3 Å². The molecule has 7 nitrogen and oxygen atoms in total. The van der Waals surface area contributed by atoms with Crippen LogP contribution in [-0.2, 0) is 21.8 Å². The van der Waals surface area contributed by atoms with E-state index in [1.54, 1.807) is 0 Å². The van der Waals surface area contributed by atoms with Crippen molar-refractivity contribution in [2.45, 2.75) is 11.1 Å². The zero-order valence-corrected chi connectivity index (χ0v) is 14.1. The van der Waals surface area contributed by atoms with Crippen LogP contribution in [0.4, 0.5) is 18.9 Å². The van der Waals surface area contributed by atoms with Crippen LogP contribution in [0, 0.1) is 10.1 Å². The highest BCUT2D eigenvalue weighted by Crippen LogP contribution is 2.34. The van der Waals surface area contributed by atoms with Gasteiger partial charge in [-0.2, -0.15) is 13.2 Å². The average Bonchev–Trinajstić information content (AvgIpc) is 2.60. The van der Waals surface area contributed by atoms with Gasteiger partial charge in [0, 0.05) is 6.07 Å². The highest BCUT2D eigenvalue weighted by atomic mass is 32.2. The number of aldehydes is 1. The van der Waals surface area contributed by atoms with E-state index in [2.05, 4.69) is 0 Å². The Labute approximate surface area is 152 Å². The Balaban J connectivity index is 2.23. The zero-order valence-electron chi connectivity index (χ0n) is 13.3. The van der Waals surface area contributed by atoms with Gasteiger partial charge in [-0.1, -0.05) is 12.1 Å². The third kappa shape index (κ3) is 4.97. The van der Waals surface area contributed by atoms with Crippen molar-refractivity contribution in [3.05, 3.63) is 63.7 Å². The van der Waals surface area contributed by atoms with Crippen LogP contribution in [0.25, 0.3) is 0 Å². The molecular formula is C16H10F3NO6S. The summed E-state index contributed by atoms with van der Waals surface area (Å²) in [6, 6.07) is 7.15. The molecule has 0 saturated carbocycles. The van der Waals surface area contributed by atoms with Crippen LogP contribution < -0.4 is 4.74 Å². The molecule has 0 amide bonds. The molecule has 0 heterocycles. The molecule has 0 aliphatic carbocycles. The lowest BCUT2D eigenvalue weighted by Crippen LogP contribution is -2.18. The number of alkyl halides is 3. The van der Waals surface area contributed by atoms with E-state index in [-0.39, 0.29) is 17.4 Å². The molecule has 2 aromatic rings. The first-order chi connectivity index (χ1) is 12.6. The second-order valence-electron chi connectivity index (χ2n) is 5.06. The molecule has 27 heavy (non-hydrogen) atoms. The van der Waals surface area contributed by atoms with Gasteiger partial charge in [0.05, 0.1) is 26.8 Å². The second kappa shape index (κ2) is 8.08. The van der Waals surface area contributed by atoms with Gasteiger partial charge in [-0.3, -0.25) is 23.9 Å². The number of nitrogens with zero attached hydrogens (tertiary/aromatic N) is 1. The van der Waals surface area contributed by atoms with Crippen molar-refractivity contribution < 1.29 is 36.6 Å². The Morgan fingerprint density at radius 1 is 1.22 bits per heavy atom. The summed E-state index contributed by atoms with van der Waals surface area (Å²) in [6.45, 7) is 0. The van der Waals surface area contributed by atoms with Crippen LogP contribution in [0.3, 0.4) is 0 Å². The molecule has 0 aliphatic heterocycles. The number of ether oxygens (including phenoxy) is 1. The fourth-order valence-corrected chi connectivity index (χ4v) is 3.05. The second-order valence-corrected chi connectivity index (χ2v) is 6.48. The molecule has 0 aromatic heterocycles. The van der Waals surface area contributed by atoms with Crippen LogP contribution in [-0.4, -0.2) is 27.1 Å². The topological polar surface area (TPSA) is 104 Å². The number of benzene rings is 2. The van der Waals surface area contributed by atoms with E-state index in [0.717, 1.165) is 0 Å². The fourth-order valence-electron chi connectivity index (χ4n) is 2.04. The summed E-state index contributed by atoms with van der Waals surface area (Å²) < 4.78 is 55.2. The number of halogens is 3. The average molecular weight is 401 g/mol. The highest BCUT2D eigenvalue weighted by Gasteiger charge is 2.34. The first-order valence-corrected chi connectivity index (χ1v) is 8.44. The molecule has 0 radical (unpaired) electrons. The van der Waals surface area contributed by atoms with Crippen molar-refractivity contribution in [1.82, 2.24) is 0 Å². The molecule has 0 bridgehead atoms. The lowest BCUT2D eigenvalue weighted by Gasteiger charge is -2.09. The number of nitro groups is 1. The monoisotopic (exact) mass is 401 g/mol. The summed E-state index contributed by atoms with van der Waals surface area (Å²) in [5.41, 5.74) is -2.25. The maximum Gasteiger partial charge on any atom is 0.416 e. The Hall–Kier alpha value is -3.08. The normalized spacial score (nSPS) is 12.3. The third-order valence-electron chi connectivity index (χ3n) is 3.25. The van der Waals surface area contributed by atoms with Gasteiger partial charge in [0.2, 0.25) is 0 Å². The minimum absolute atomic E-state index is 0.0529. The number of nitro benzene ring substituents is 1. The van der Waals surface area contributed by atoms with E-state index in [0.29, 0.717) is 18.4 Å². The summed E-state index contributed by atoms with van der Waals surface area (Å²) in [7, 11) is -2.33.